The molecule has 1 atom stereocenters. The predicted molar refractivity (Wildman–Crippen MR) is 70.7 cm³/mol. The van der Waals surface area contributed by atoms with Crippen LogP contribution in [0.2, 0.25) is 0 Å². The Bertz CT molecular complexity index is 526. The number of carbonyl (C=O) groups is 2. The molecule has 0 saturated heterocycles. The number of rotatable bonds is 4. The van der Waals surface area contributed by atoms with E-state index in [0.29, 0.717) is 0 Å². The van der Waals surface area contributed by atoms with Gasteiger partial charge in [-0.1, -0.05) is 12.8 Å². The Morgan fingerprint density at radius 1 is 1.53 bits per heavy atom. The van der Waals surface area contributed by atoms with Gasteiger partial charge >= 0.3 is 0 Å². The van der Waals surface area contributed by atoms with Crippen molar-refractivity contribution in [1.29, 1.82) is 5.26 Å². The van der Waals surface area contributed by atoms with Crippen molar-refractivity contribution in [2.45, 2.75) is 38.6 Å². The Hall–Kier alpha value is -1.74. The van der Waals surface area contributed by atoms with Crippen LogP contribution in [0.5, 0.6) is 0 Å². The third-order valence-corrected chi connectivity index (χ3v) is 4.00. The van der Waals surface area contributed by atoms with Gasteiger partial charge in [-0.2, -0.15) is 5.26 Å². The van der Waals surface area contributed by atoms with E-state index >= 15 is 0 Å². The average Bonchev–Trinajstić information content (AvgIpc) is 3.01. The second-order valence-electron chi connectivity index (χ2n) is 4.67. The summed E-state index contributed by atoms with van der Waals surface area (Å²) in [4.78, 5) is 28.1. The second kappa shape index (κ2) is 5.93. The van der Waals surface area contributed by atoms with Crippen molar-refractivity contribution < 1.29 is 9.59 Å². The van der Waals surface area contributed by atoms with Gasteiger partial charge in [-0.25, -0.2) is 4.98 Å². The molecule has 0 aromatic carbocycles. The first kappa shape index (κ1) is 13.7. The van der Waals surface area contributed by atoms with Crippen molar-refractivity contribution in [3.63, 3.8) is 0 Å². The third-order valence-electron chi connectivity index (χ3n) is 3.23. The number of amides is 1. The molecule has 1 aliphatic rings. The topological polar surface area (TPSA) is 82.8 Å². The van der Waals surface area contributed by atoms with Gasteiger partial charge in [-0.05, 0) is 19.8 Å². The van der Waals surface area contributed by atoms with E-state index in [9.17, 15) is 9.59 Å². The van der Waals surface area contributed by atoms with Crippen molar-refractivity contribution in [3.8, 4) is 6.07 Å². The third kappa shape index (κ3) is 3.18. The minimum absolute atomic E-state index is 0.105. The first-order valence-electron chi connectivity index (χ1n) is 6.28. The molecule has 1 heterocycles. The molecule has 100 valence electrons. The van der Waals surface area contributed by atoms with Crippen LogP contribution in [0.15, 0.2) is 5.38 Å². The molecule has 1 aromatic heterocycles. The van der Waals surface area contributed by atoms with Gasteiger partial charge in [0.05, 0.1) is 11.1 Å². The van der Waals surface area contributed by atoms with E-state index in [4.69, 9.17) is 5.26 Å². The van der Waals surface area contributed by atoms with Gasteiger partial charge < -0.3 is 5.32 Å². The van der Waals surface area contributed by atoms with Gasteiger partial charge in [-0.15, -0.1) is 11.3 Å². The van der Waals surface area contributed by atoms with Gasteiger partial charge in [0.15, 0.2) is 5.92 Å². The summed E-state index contributed by atoms with van der Waals surface area (Å²) in [5.41, 5.74) is 0.204. The van der Waals surface area contributed by atoms with E-state index in [2.05, 4.69) is 10.3 Å². The summed E-state index contributed by atoms with van der Waals surface area (Å²) in [6, 6.07) is 1.89. The molecule has 0 aliphatic heterocycles. The number of hydrogen-bond acceptors (Lipinski definition) is 5. The number of Topliss-reactive ketones (excluding diaryl/α,β-unsaturated/α-hetero) is 1. The van der Waals surface area contributed by atoms with Crippen molar-refractivity contribution in [2.75, 3.05) is 0 Å². The van der Waals surface area contributed by atoms with E-state index in [1.807, 2.05) is 0 Å². The van der Waals surface area contributed by atoms with Gasteiger partial charge in [-0.3, -0.25) is 9.59 Å². The smallest absolute Gasteiger partial charge is 0.245 e. The molecular formula is C13H15N3O2S. The highest BCUT2D eigenvalue weighted by molar-refractivity contribution is 7.09. The van der Waals surface area contributed by atoms with Crippen LogP contribution in [0, 0.1) is 24.2 Å². The summed E-state index contributed by atoms with van der Waals surface area (Å²) in [5.74, 6) is -2.30. The zero-order valence-electron chi connectivity index (χ0n) is 10.7. The van der Waals surface area contributed by atoms with Gasteiger partial charge in [0, 0.05) is 11.4 Å². The van der Waals surface area contributed by atoms with E-state index in [-0.39, 0.29) is 11.7 Å². The molecule has 0 radical (unpaired) electrons. The molecule has 1 fully saturated rings. The van der Waals surface area contributed by atoms with Crippen LogP contribution in [0.1, 0.15) is 41.2 Å². The molecule has 1 aromatic rings. The Labute approximate surface area is 115 Å². The lowest BCUT2D eigenvalue weighted by Crippen LogP contribution is -2.40. The Morgan fingerprint density at radius 3 is 2.74 bits per heavy atom. The monoisotopic (exact) mass is 277 g/mol. The summed E-state index contributed by atoms with van der Waals surface area (Å²) in [6.07, 6.45) is 4.02. The number of aromatic nitrogens is 1. The van der Waals surface area contributed by atoms with E-state index in [1.54, 1.807) is 18.4 Å². The average molecular weight is 277 g/mol. The maximum Gasteiger partial charge on any atom is 0.245 e. The van der Waals surface area contributed by atoms with E-state index < -0.39 is 17.6 Å². The highest BCUT2D eigenvalue weighted by atomic mass is 32.1. The standard InChI is InChI=1S/C13H15N3O2S/c1-8-15-11(7-19-8)12(17)10(6-14)13(18)16-9-4-2-3-5-9/h7,9-10H,2-5H2,1H3,(H,16,18)/t10-/m0/s1. The minimum Gasteiger partial charge on any atom is -0.352 e. The second-order valence-corrected chi connectivity index (χ2v) is 5.73. The number of nitrogens with zero attached hydrogens (tertiary/aromatic N) is 2. The Morgan fingerprint density at radius 2 is 2.21 bits per heavy atom. The fraction of sp³-hybridized carbons (Fsp3) is 0.538. The highest BCUT2D eigenvalue weighted by Gasteiger charge is 2.31. The number of nitriles is 1. The fourth-order valence-electron chi connectivity index (χ4n) is 2.22. The molecule has 5 nitrogen and oxygen atoms in total. The molecule has 6 heteroatoms. The number of ketones is 1. The maximum atomic E-state index is 12.1. The number of hydrogen-bond donors (Lipinski definition) is 1. The molecule has 1 aliphatic carbocycles. The molecule has 0 spiro atoms. The maximum absolute atomic E-state index is 12.1. The van der Waals surface area contributed by atoms with Crippen molar-refractivity contribution in [2.24, 2.45) is 5.92 Å². The number of nitrogens with one attached hydrogen (secondary N) is 1. The molecule has 1 N–H and O–H groups in total. The zero-order valence-corrected chi connectivity index (χ0v) is 11.5. The first-order chi connectivity index (χ1) is 9.11. The van der Waals surface area contributed by atoms with Gasteiger partial charge in [0.1, 0.15) is 5.69 Å². The van der Waals surface area contributed by atoms with E-state index in [0.717, 1.165) is 30.7 Å². The number of aryl methyl sites for hydroxylation is 1. The zero-order chi connectivity index (χ0) is 13.8. The normalized spacial score (nSPS) is 16.8. The summed E-state index contributed by atoms with van der Waals surface area (Å²) >= 11 is 1.33. The lowest BCUT2D eigenvalue weighted by molar-refractivity contribution is -0.122. The summed E-state index contributed by atoms with van der Waals surface area (Å²) in [5, 5.41) is 14.2. The van der Waals surface area contributed by atoms with Crippen LogP contribution < -0.4 is 5.32 Å². The summed E-state index contributed by atoms with van der Waals surface area (Å²) in [6.45, 7) is 1.78. The largest absolute Gasteiger partial charge is 0.352 e. The first-order valence-corrected chi connectivity index (χ1v) is 7.16. The molecule has 1 saturated carbocycles. The number of carbonyl (C=O) groups excluding carboxylic acids is 2. The molecule has 0 bridgehead atoms. The lowest BCUT2D eigenvalue weighted by atomic mass is 10.0. The van der Waals surface area contributed by atoms with Crippen LogP contribution in [0.4, 0.5) is 0 Å². The van der Waals surface area contributed by atoms with Crippen molar-refractivity contribution in [1.82, 2.24) is 10.3 Å². The van der Waals surface area contributed by atoms with Crippen molar-refractivity contribution >= 4 is 23.0 Å². The Balaban J connectivity index is 2.04. The highest BCUT2D eigenvalue weighted by Crippen LogP contribution is 2.19. The molecule has 19 heavy (non-hydrogen) atoms. The predicted octanol–water partition coefficient (Wildman–Crippen LogP) is 1.83. The SMILES string of the molecule is Cc1nc(C(=O)[C@H](C#N)C(=O)NC2CCCC2)cs1. The molecule has 2 rings (SSSR count). The van der Waals surface area contributed by atoms with Crippen LogP contribution in [-0.2, 0) is 4.79 Å². The minimum atomic E-state index is -1.29. The van der Waals surface area contributed by atoms with Crippen molar-refractivity contribution in [3.05, 3.63) is 16.1 Å². The van der Waals surface area contributed by atoms with Gasteiger partial charge in [0.2, 0.25) is 11.7 Å². The molecule has 0 unspecified atom stereocenters. The number of thiazole rings is 1. The Kier molecular flexibility index (Phi) is 4.27. The van der Waals surface area contributed by atoms with E-state index in [1.165, 1.54) is 11.3 Å². The lowest BCUT2D eigenvalue weighted by Gasteiger charge is -2.13. The van der Waals surface area contributed by atoms with Crippen LogP contribution in [0.3, 0.4) is 0 Å². The molecular weight excluding hydrogens is 262 g/mol. The summed E-state index contributed by atoms with van der Waals surface area (Å²) in [7, 11) is 0. The fourth-order valence-corrected chi connectivity index (χ4v) is 2.82. The van der Waals surface area contributed by atoms with Gasteiger partial charge in [0.25, 0.3) is 0 Å². The molecule has 1 amide bonds. The summed E-state index contributed by atoms with van der Waals surface area (Å²) < 4.78 is 0. The van der Waals surface area contributed by atoms with Crippen LogP contribution in [0.25, 0.3) is 0 Å². The van der Waals surface area contributed by atoms with Crippen LogP contribution in [-0.4, -0.2) is 22.7 Å². The quantitative estimate of drug-likeness (QED) is 0.672. The van der Waals surface area contributed by atoms with Crippen LogP contribution >= 0.6 is 11.3 Å².